The smallest absolute Gasteiger partial charge is 0.416 e. The van der Waals surface area contributed by atoms with E-state index in [0.29, 0.717) is 18.1 Å². The lowest BCUT2D eigenvalue weighted by atomic mass is 9.89. The number of halogens is 3. The minimum atomic E-state index is -4.62. The van der Waals surface area contributed by atoms with Gasteiger partial charge in [0.25, 0.3) is 0 Å². The number of nitrogens with two attached hydrogens (primary N) is 1. The van der Waals surface area contributed by atoms with Gasteiger partial charge in [0.1, 0.15) is 23.9 Å². The predicted octanol–water partition coefficient (Wildman–Crippen LogP) is 5.25. The van der Waals surface area contributed by atoms with E-state index < -0.39 is 36.4 Å². The van der Waals surface area contributed by atoms with E-state index in [-0.39, 0.29) is 17.7 Å². The van der Waals surface area contributed by atoms with Crippen LogP contribution in [0, 0.1) is 0 Å². The van der Waals surface area contributed by atoms with Crippen LogP contribution in [0.5, 0.6) is 17.2 Å². The Balaban J connectivity index is 1.76. The molecule has 0 saturated carbocycles. The van der Waals surface area contributed by atoms with Gasteiger partial charge in [-0.3, -0.25) is 0 Å². The second-order valence-corrected chi connectivity index (χ2v) is 8.15. The number of ether oxygens (including phenoxy) is 2. The molecule has 8 heteroatoms. The highest BCUT2D eigenvalue weighted by molar-refractivity contribution is 5.43. The SMILES string of the molecule is CC(CC(O)C(N)CO)c1ccc(Oc2cccc(OCc3ccccc3)c2)cc1C(F)(F)F. The van der Waals surface area contributed by atoms with Crippen molar-refractivity contribution in [1.29, 1.82) is 0 Å². The van der Waals surface area contributed by atoms with Crippen molar-refractivity contribution in [3.8, 4) is 17.2 Å². The van der Waals surface area contributed by atoms with Crippen molar-refractivity contribution in [2.24, 2.45) is 5.73 Å². The van der Waals surface area contributed by atoms with Gasteiger partial charge in [0.15, 0.2) is 0 Å². The van der Waals surface area contributed by atoms with Crippen molar-refractivity contribution in [2.75, 3.05) is 6.61 Å². The van der Waals surface area contributed by atoms with Gasteiger partial charge in [-0.15, -0.1) is 0 Å². The summed E-state index contributed by atoms with van der Waals surface area (Å²) in [7, 11) is 0. The molecule has 0 saturated heterocycles. The van der Waals surface area contributed by atoms with Crippen LogP contribution in [0.4, 0.5) is 13.2 Å². The van der Waals surface area contributed by atoms with E-state index in [1.807, 2.05) is 30.3 Å². The highest BCUT2D eigenvalue weighted by Gasteiger charge is 2.35. The maximum absolute atomic E-state index is 13.8. The third-order valence-electron chi connectivity index (χ3n) is 5.45. The molecule has 0 spiro atoms. The Kier molecular flexibility index (Phi) is 8.55. The Morgan fingerprint density at radius 2 is 1.59 bits per heavy atom. The molecule has 4 N–H and O–H groups in total. The summed E-state index contributed by atoms with van der Waals surface area (Å²) in [4.78, 5) is 0. The summed E-state index contributed by atoms with van der Waals surface area (Å²) >= 11 is 0. The van der Waals surface area contributed by atoms with Gasteiger partial charge in [0, 0.05) is 6.07 Å². The van der Waals surface area contributed by atoms with Crippen molar-refractivity contribution >= 4 is 0 Å². The van der Waals surface area contributed by atoms with Crippen LogP contribution in [-0.4, -0.2) is 29.0 Å². The third-order valence-corrected chi connectivity index (χ3v) is 5.45. The molecule has 3 unspecified atom stereocenters. The molecule has 0 amide bonds. The van der Waals surface area contributed by atoms with Crippen molar-refractivity contribution in [2.45, 2.75) is 44.2 Å². The van der Waals surface area contributed by atoms with Gasteiger partial charge < -0.3 is 25.4 Å². The molecule has 0 aromatic heterocycles. The van der Waals surface area contributed by atoms with Crippen molar-refractivity contribution in [3.05, 3.63) is 89.5 Å². The molecule has 0 bridgehead atoms. The highest BCUT2D eigenvalue weighted by Crippen LogP contribution is 2.39. The Bertz CT molecular complexity index is 1060. The minimum absolute atomic E-state index is 0.0176. The molecular formula is C26H28F3NO4. The summed E-state index contributed by atoms with van der Waals surface area (Å²) in [6.45, 7) is 1.47. The molecule has 0 heterocycles. The van der Waals surface area contributed by atoms with Gasteiger partial charge in [-0.25, -0.2) is 0 Å². The largest absolute Gasteiger partial charge is 0.489 e. The standard InChI is InChI=1S/C26H28F3NO4/c1-17(12-25(32)24(30)15-31)22-11-10-21(14-23(22)26(27,28)29)34-20-9-5-8-19(13-20)33-16-18-6-3-2-4-7-18/h2-11,13-14,17,24-25,31-32H,12,15-16,30H2,1H3. The summed E-state index contributed by atoms with van der Waals surface area (Å²) in [5, 5.41) is 19.1. The monoisotopic (exact) mass is 475 g/mol. The molecule has 3 aromatic carbocycles. The average molecular weight is 476 g/mol. The van der Waals surface area contributed by atoms with Gasteiger partial charge >= 0.3 is 6.18 Å². The first-order valence-electron chi connectivity index (χ1n) is 10.9. The average Bonchev–Trinajstić information content (AvgIpc) is 2.82. The maximum atomic E-state index is 13.8. The summed E-state index contributed by atoms with van der Waals surface area (Å²) in [6.07, 6.45) is -5.77. The third kappa shape index (κ3) is 6.96. The zero-order chi connectivity index (χ0) is 24.7. The molecule has 0 aliphatic heterocycles. The molecule has 3 aromatic rings. The van der Waals surface area contributed by atoms with Crippen LogP contribution < -0.4 is 15.2 Å². The van der Waals surface area contributed by atoms with Gasteiger partial charge in [-0.1, -0.05) is 49.4 Å². The van der Waals surface area contributed by atoms with Gasteiger partial charge in [0.05, 0.1) is 24.3 Å². The topological polar surface area (TPSA) is 84.9 Å². The van der Waals surface area contributed by atoms with Crippen LogP contribution in [0.1, 0.15) is 36.0 Å². The van der Waals surface area contributed by atoms with E-state index in [0.717, 1.165) is 11.6 Å². The fraction of sp³-hybridized carbons (Fsp3) is 0.308. The number of alkyl halides is 3. The maximum Gasteiger partial charge on any atom is 0.416 e. The van der Waals surface area contributed by atoms with Crippen molar-refractivity contribution in [3.63, 3.8) is 0 Å². The normalized spacial score (nSPS) is 14.3. The molecule has 3 rings (SSSR count). The van der Waals surface area contributed by atoms with Gasteiger partial charge in [0.2, 0.25) is 0 Å². The molecule has 34 heavy (non-hydrogen) atoms. The van der Waals surface area contributed by atoms with Crippen LogP contribution in [0.2, 0.25) is 0 Å². The fourth-order valence-corrected chi connectivity index (χ4v) is 3.56. The Labute approximate surface area is 196 Å². The second kappa shape index (κ2) is 11.4. The molecule has 3 atom stereocenters. The van der Waals surface area contributed by atoms with Gasteiger partial charge in [-0.2, -0.15) is 13.2 Å². The zero-order valence-electron chi connectivity index (χ0n) is 18.7. The number of benzene rings is 3. The first kappa shape index (κ1) is 25.6. The van der Waals surface area contributed by atoms with E-state index in [4.69, 9.17) is 20.3 Å². The number of aliphatic hydroxyl groups excluding tert-OH is 2. The molecule has 0 aliphatic carbocycles. The first-order valence-corrected chi connectivity index (χ1v) is 10.9. The summed E-state index contributed by atoms with van der Waals surface area (Å²) in [6, 6.07) is 19.1. The summed E-state index contributed by atoms with van der Waals surface area (Å²) < 4.78 is 52.9. The van der Waals surface area contributed by atoms with Crippen LogP contribution in [-0.2, 0) is 12.8 Å². The Morgan fingerprint density at radius 1 is 0.912 bits per heavy atom. The van der Waals surface area contributed by atoms with Crippen LogP contribution in [0.15, 0.2) is 72.8 Å². The molecule has 0 aliphatic rings. The molecule has 5 nitrogen and oxygen atoms in total. The van der Waals surface area contributed by atoms with Gasteiger partial charge in [-0.05, 0) is 47.7 Å². The first-order chi connectivity index (χ1) is 16.2. The van der Waals surface area contributed by atoms with E-state index >= 15 is 0 Å². The lowest BCUT2D eigenvalue weighted by molar-refractivity contribution is -0.138. The van der Waals surface area contributed by atoms with Crippen molar-refractivity contribution in [1.82, 2.24) is 0 Å². The van der Waals surface area contributed by atoms with E-state index in [2.05, 4.69) is 0 Å². The number of hydrogen-bond acceptors (Lipinski definition) is 5. The number of hydrogen-bond donors (Lipinski definition) is 3. The van der Waals surface area contributed by atoms with E-state index in [9.17, 15) is 18.3 Å². The van der Waals surface area contributed by atoms with E-state index in [1.54, 1.807) is 31.2 Å². The second-order valence-electron chi connectivity index (χ2n) is 8.15. The Morgan fingerprint density at radius 3 is 2.26 bits per heavy atom. The summed E-state index contributed by atoms with van der Waals surface area (Å²) in [5.74, 6) is 0.241. The van der Waals surface area contributed by atoms with Crippen LogP contribution in [0.3, 0.4) is 0 Å². The number of aliphatic hydroxyl groups is 2. The Hall–Kier alpha value is -3.07. The molecule has 182 valence electrons. The lowest BCUT2D eigenvalue weighted by Crippen LogP contribution is -2.38. The highest BCUT2D eigenvalue weighted by atomic mass is 19.4. The predicted molar refractivity (Wildman–Crippen MR) is 123 cm³/mol. The molecule has 0 fully saturated rings. The quantitative estimate of drug-likeness (QED) is 0.373. The molecule has 0 radical (unpaired) electrons. The number of rotatable bonds is 10. The molecular weight excluding hydrogens is 447 g/mol. The zero-order valence-corrected chi connectivity index (χ0v) is 18.7. The van der Waals surface area contributed by atoms with Crippen LogP contribution in [0.25, 0.3) is 0 Å². The minimum Gasteiger partial charge on any atom is -0.489 e. The van der Waals surface area contributed by atoms with Crippen LogP contribution >= 0.6 is 0 Å². The summed E-state index contributed by atoms with van der Waals surface area (Å²) in [5.41, 5.74) is 5.74. The fourth-order valence-electron chi connectivity index (χ4n) is 3.56. The van der Waals surface area contributed by atoms with Crippen molar-refractivity contribution < 1.29 is 32.9 Å². The lowest BCUT2D eigenvalue weighted by Gasteiger charge is -2.23. The van der Waals surface area contributed by atoms with E-state index in [1.165, 1.54) is 12.1 Å².